The number of primary sulfonamides is 1. The average Bonchev–Trinajstić information content (AvgIpc) is 2.55. The Hall–Kier alpha value is -2.71. The molecule has 0 saturated heterocycles. The Bertz CT molecular complexity index is 860. The summed E-state index contributed by atoms with van der Waals surface area (Å²) < 4.78 is 22.3. The predicted molar refractivity (Wildman–Crippen MR) is 95.0 cm³/mol. The molecule has 0 saturated carbocycles. The van der Waals surface area contributed by atoms with E-state index in [0.29, 0.717) is 11.3 Å². The van der Waals surface area contributed by atoms with E-state index in [9.17, 15) is 18.0 Å². The molecule has 0 unspecified atom stereocenters. The van der Waals surface area contributed by atoms with Gasteiger partial charge in [-0.1, -0.05) is 29.8 Å². The van der Waals surface area contributed by atoms with Crippen LogP contribution >= 0.6 is 0 Å². The molecule has 0 spiro atoms. The van der Waals surface area contributed by atoms with E-state index in [0.717, 1.165) is 5.56 Å². The largest absolute Gasteiger partial charge is 0.337 e. The van der Waals surface area contributed by atoms with Gasteiger partial charge in [-0.2, -0.15) is 0 Å². The fourth-order valence-electron chi connectivity index (χ4n) is 2.08. The fraction of sp³-hybridized carbons (Fsp3) is 0.176. The Balaban J connectivity index is 1.80. The van der Waals surface area contributed by atoms with Crippen LogP contribution in [0, 0.1) is 6.92 Å². The quantitative estimate of drug-likeness (QED) is 0.682. The van der Waals surface area contributed by atoms with Gasteiger partial charge in [-0.05, 0) is 31.2 Å². The molecule has 2 aromatic carbocycles. The number of nitrogens with two attached hydrogens (primary N) is 1. The summed E-state index contributed by atoms with van der Waals surface area (Å²) in [6.45, 7) is 2.13. The van der Waals surface area contributed by atoms with E-state index in [4.69, 9.17) is 5.14 Å². The lowest BCUT2D eigenvalue weighted by molar-refractivity contribution is 0.0983. The van der Waals surface area contributed by atoms with Crippen molar-refractivity contribution in [1.82, 2.24) is 5.32 Å². The van der Waals surface area contributed by atoms with E-state index in [2.05, 4.69) is 10.6 Å². The van der Waals surface area contributed by atoms with Crippen molar-refractivity contribution in [1.29, 1.82) is 0 Å². The molecule has 2 aromatic rings. The minimum absolute atomic E-state index is 0.0397. The van der Waals surface area contributed by atoms with Gasteiger partial charge in [0, 0.05) is 24.2 Å². The van der Waals surface area contributed by atoms with Crippen LogP contribution in [0.4, 0.5) is 10.5 Å². The van der Waals surface area contributed by atoms with Crippen molar-refractivity contribution >= 4 is 27.5 Å². The van der Waals surface area contributed by atoms with Gasteiger partial charge in [0.25, 0.3) is 0 Å². The monoisotopic (exact) mass is 361 g/mol. The Morgan fingerprint density at radius 2 is 1.60 bits per heavy atom. The summed E-state index contributed by atoms with van der Waals surface area (Å²) in [7, 11) is -3.77. The van der Waals surface area contributed by atoms with Crippen molar-refractivity contribution in [2.75, 3.05) is 11.9 Å². The van der Waals surface area contributed by atoms with Crippen LogP contribution in [0.2, 0.25) is 0 Å². The van der Waals surface area contributed by atoms with Gasteiger partial charge < -0.3 is 10.6 Å². The molecule has 4 N–H and O–H groups in total. The lowest BCUT2D eigenvalue weighted by Gasteiger charge is -2.08. The summed E-state index contributed by atoms with van der Waals surface area (Å²) in [4.78, 5) is 23.7. The maximum atomic E-state index is 12.0. The lowest BCUT2D eigenvalue weighted by atomic mass is 10.1. The van der Waals surface area contributed by atoms with Crippen molar-refractivity contribution in [2.45, 2.75) is 18.2 Å². The fourth-order valence-corrected chi connectivity index (χ4v) is 2.59. The number of aryl methyl sites for hydroxylation is 1. The third kappa shape index (κ3) is 5.70. The summed E-state index contributed by atoms with van der Waals surface area (Å²) in [6, 6.07) is 12.2. The van der Waals surface area contributed by atoms with Crippen molar-refractivity contribution in [3.05, 3.63) is 59.7 Å². The van der Waals surface area contributed by atoms with Gasteiger partial charge in [0.15, 0.2) is 5.78 Å². The predicted octanol–water partition coefficient (Wildman–Crippen LogP) is 2.04. The van der Waals surface area contributed by atoms with Gasteiger partial charge in [0.1, 0.15) is 0 Å². The van der Waals surface area contributed by atoms with Crippen LogP contribution in [0.5, 0.6) is 0 Å². The maximum Gasteiger partial charge on any atom is 0.319 e. The molecule has 8 heteroatoms. The highest BCUT2D eigenvalue weighted by atomic mass is 32.2. The first-order valence-electron chi connectivity index (χ1n) is 7.53. The van der Waals surface area contributed by atoms with Crippen LogP contribution < -0.4 is 15.8 Å². The summed E-state index contributed by atoms with van der Waals surface area (Å²) in [5.74, 6) is -0.0576. The molecule has 0 atom stereocenters. The standard InChI is InChI=1S/C17H19N3O4S/c1-12-2-4-13(5-3-12)16(21)10-11-19-17(22)20-14-6-8-15(9-7-14)25(18,23)24/h2-9H,10-11H2,1H3,(H2,18,23,24)(H2,19,20,22). The number of carbonyl (C=O) groups is 2. The molecule has 0 radical (unpaired) electrons. The summed E-state index contributed by atoms with van der Waals surface area (Å²) in [6.07, 6.45) is 0.181. The molecule has 7 nitrogen and oxygen atoms in total. The number of urea groups is 1. The van der Waals surface area contributed by atoms with Gasteiger partial charge in [0.2, 0.25) is 10.0 Å². The van der Waals surface area contributed by atoms with E-state index in [1.54, 1.807) is 12.1 Å². The van der Waals surface area contributed by atoms with Gasteiger partial charge in [0.05, 0.1) is 4.90 Å². The highest BCUT2D eigenvalue weighted by Gasteiger charge is 2.09. The summed E-state index contributed by atoms with van der Waals surface area (Å²) in [5.41, 5.74) is 2.09. The zero-order valence-electron chi connectivity index (χ0n) is 13.7. The van der Waals surface area contributed by atoms with Crippen molar-refractivity contribution < 1.29 is 18.0 Å². The van der Waals surface area contributed by atoms with Crippen molar-refractivity contribution in [3.8, 4) is 0 Å². The van der Waals surface area contributed by atoms with Crippen LogP contribution in [0.15, 0.2) is 53.4 Å². The summed E-state index contributed by atoms with van der Waals surface area (Å²) in [5, 5.41) is 10.1. The van der Waals surface area contributed by atoms with Crippen molar-refractivity contribution in [2.24, 2.45) is 5.14 Å². The molecule has 0 aliphatic carbocycles. The molecule has 0 aromatic heterocycles. The van der Waals surface area contributed by atoms with Gasteiger partial charge in [-0.15, -0.1) is 0 Å². The highest BCUT2D eigenvalue weighted by molar-refractivity contribution is 7.89. The number of sulfonamides is 1. The van der Waals surface area contributed by atoms with Crippen molar-refractivity contribution in [3.63, 3.8) is 0 Å². The maximum absolute atomic E-state index is 12.0. The molecule has 0 heterocycles. The van der Waals surface area contributed by atoms with Crippen LogP contribution in [0.25, 0.3) is 0 Å². The molecule has 0 fully saturated rings. The Morgan fingerprint density at radius 1 is 1.00 bits per heavy atom. The number of anilines is 1. The number of nitrogens with one attached hydrogen (secondary N) is 2. The SMILES string of the molecule is Cc1ccc(C(=O)CCNC(=O)Nc2ccc(S(N)(=O)=O)cc2)cc1. The molecule has 0 aliphatic rings. The number of hydrogen-bond acceptors (Lipinski definition) is 4. The number of rotatable bonds is 6. The normalized spacial score (nSPS) is 11.0. The highest BCUT2D eigenvalue weighted by Crippen LogP contribution is 2.12. The van der Waals surface area contributed by atoms with E-state index in [1.165, 1.54) is 24.3 Å². The molecule has 25 heavy (non-hydrogen) atoms. The first-order valence-corrected chi connectivity index (χ1v) is 9.08. The zero-order valence-corrected chi connectivity index (χ0v) is 14.5. The molecular formula is C17H19N3O4S. The number of carbonyl (C=O) groups excluding carboxylic acids is 2. The number of Topliss-reactive ketones (excluding diaryl/α,β-unsaturated/α-hetero) is 1. The Morgan fingerprint density at radius 3 is 2.16 bits per heavy atom. The van der Waals surface area contributed by atoms with E-state index in [1.807, 2.05) is 19.1 Å². The van der Waals surface area contributed by atoms with Crippen LogP contribution in [-0.2, 0) is 10.0 Å². The lowest BCUT2D eigenvalue weighted by Crippen LogP contribution is -2.30. The average molecular weight is 361 g/mol. The van der Waals surface area contributed by atoms with E-state index >= 15 is 0 Å². The van der Waals surface area contributed by atoms with Crippen LogP contribution in [0.1, 0.15) is 22.3 Å². The van der Waals surface area contributed by atoms with Crippen LogP contribution in [-0.4, -0.2) is 26.8 Å². The molecule has 132 valence electrons. The minimum Gasteiger partial charge on any atom is -0.337 e. The number of ketones is 1. The second-order valence-corrected chi connectivity index (χ2v) is 7.05. The van der Waals surface area contributed by atoms with E-state index < -0.39 is 16.1 Å². The number of benzene rings is 2. The third-order valence-corrected chi connectivity index (χ3v) is 4.38. The molecular weight excluding hydrogens is 342 g/mol. The second kappa shape index (κ2) is 7.91. The smallest absolute Gasteiger partial charge is 0.319 e. The third-order valence-electron chi connectivity index (χ3n) is 3.45. The first-order chi connectivity index (χ1) is 11.8. The molecule has 2 rings (SSSR count). The second-order valence-electron chi connectivity index (χ2n) is 5.49. The Kier molecular flexibility index (Phi) is 5.89. The zero-order chi connectivity index (χ0) is 18.4. The van der Waals surface area contributed by atoms with Gasteiger partial charge in [-0.25, -0.2) is 18.4 Å². The summed E-state index contributed by atoms with van der Waals surface area (Å²) >= 11 is 0. The van der Waals surface area contributed by atoms with E-state index in [-0.39, 0.29) is 23.6 Å². The van der Waals surface area contributed by atoms with Gasteiger partial charge in [-0.3, -0.25) is 4.79 Å². The molecule has 0 aliphatic heterocycles. The number of amides is 2. The first kappa shape index (κ1) is 18.6. The van der Waals surface area contributed by atoms with Gasteiger partial charge >= 0.3 is 6.03 Å². The molecule has 2 amide bonds. The minimum atomic E-state index is -3.77. The topological polar surface area (TPSA) is 118 Å². The number of hydrogen-bond donors (Lipinski definition) is 3. The Labute approximate surface area is 146 Å². The van der Waals surface area contributed by atoms with Crippen LogP contribution in [0.3, 0.4) is 0 Å². The molecule has 0 bridgehead atoms.